The van der Waals surface area contributed by atoms with Crippen LogP contribution in [0.1, 0.15) is 30.4 Å². The van der Waals surface area contributed by atoms with Crippen molar-refractivity contribution in [1.82, 2.24) is 0 Å². The van der Waals surface area contributed by atoms with Crippen molar-refractivity contribution in [3.8, 4) is 0 Å². The maximum absolute atomic E-state index is 13.1. The van der Waals surface area contributed by atoms with Gasteiger partial charge in [0, 0.05) is 50.7 Å². The molecule has 2 aromatic rings. The number of hydrogen-bond acceptors (Lipinski definition) is 3. The zero-order valence-electron chi connectivity index (χ0n) is 16.7. The second-order valence-electron chi connectivity index (χ2n) is 7.43. The predicted molar refractivity (Wildman–Crippen MR) is 116 cm³/mol. The zero-order chi connectivity index (χ0) is 19.4. The number of hydrogen-bond donors (Lipinski definition) is 0. The standard InChI is InChI=1S/C24H28N2O/c1-25(2)22-14-7-5-10-18(22)16-20-12-9-13-21(24(20)27)17-19-11-6-8-15-23(19)26(3)4/h5-8,10-11,14-17H,9,12-13H2,1-4H3. The first-order valence-electron chi connectivity index (χ1n) is 9.46. The van der Waals surface area contributed by atoms with Crippen molar-refractivity contribution in [2.45, 2.75) is 19.3 Å². The molecule has 1 saturated carbocycles. The maximum Gasteiger partial charge on any atom is 0.185 e. The topological polar surface area (TPSA) is 23.6 Å². The van der Waals surface area contributed by atoms with E-state index < -0.39 is 0 Å². The molecule has 0 amide bonds. The minimum absolute atomic E-state index is 0.184. The number of anilines is 2. The third kappa shape index (κ3) is 4.30. The van der Waals surface area contributed by atoms with Crippen molar-refractivity contribution < 1.29 is 4.79 Å². The van der Waals surface area contributed by atoms with E-state index in [2.05, 4.69) is 46.2 Å². The van der Waals surface area contributed by atoms with Crippen LogP contribution in [0.25, 0.3) is 12.2 Å². The molecule has 0 N–H and O–H groups in total. The molecule has 0 unspecified atom stereocenters. The van der Waals surface area contributed by atoms with E-state index in [4.69, 9.17) is 0 Å². The molecule has 0 bridgehead atoms. The normalized spacial score (nSPS) is 17.4. The highest BCUT2D eigenvalue weighted by molar-refractivity contribution is 6.14. The summed E-state index contributed by atoms with van der Waals surface area (Å²) in [6.45, 7) is 0. The van der Waals surface area contributed by atoms with E-state index in [-0.39, 0.29) is 5.78 Å². The van der Waals surface area contributed by atoms with Crippen LogP contribution in [0.2, 0.25) is 0 Å². The number of nitrogens with zero attached hydrogens (tertiary/aromatic N) is 2. The Bertz CT molecular complexity index is 819. The molecule has 3 nitrogen and oxygen atoms in total. The van der Waals surface area contributed by atoms with Crippen LogP contribution in [0.4, 0.5) is 11.4 Å². The summed E-state index contributed by atoms with van der Waals surface area (Å²) in [6.07, 6.45) is 6.84. The first kappa shape index (κ1) is 19.0. The average Bonchev–Trinajstić information content (AvgIpc) is 2.65. The second kappa shape index (κ2) is 8.26. The van der Waals surface area contributed by atoms with Gasteiger partial charge in [0.25, 0.3) is 0 Å². The molecule has 27 heavy (non-hydrogen) atoms. The van der Waals surface area contributed by atoms with Gasteiger partial charge in [-0.3, -0.25) is 4.79 Å². The monoisotopic (exact) mass is 360 g/mol. The first-order chi connectivity index (χ1) is 13.0. The molecule has 3 rings (SSSR count). The summed E-state index contributed by atoms with van der Waals surface area (Å²) < 4.78 is 0. The Morgan fingerprint density at radius 3 is 1.52 bits per heavy atom. The summed E-state index contributed by atoms with van der Waals surface area (Å²) in [5, 5.41) is 0. The molecule has 3 heteroatoms. The maximum atomic E-state index is 13.1. The molecule has 0 saturated heterocycles. The summed E-state index contributed by atoms with van der Waals surface area (Å²) in [6, 6.07) is 16.4. The Labute approximate surface area is 162 Å². The minimum Gasteiger partial charge on any atom is -0.377 e. The van der Waals surface area contributed by atoms with Crippen LogP contribution in [-0.2, 0) is 4.79 Å². The molecule has 0 aromatic heterocycles. The van der Waals surface area contributed by atoms with Crippen molar-refractivity contribution in [3.05, 3.63) is 70.8 Å². The molecule has 0 spiro atoms. The quantitative estimate of drug-likeness (QED) is 0.714. The number of allylic oxidation sites excluding steroid dienone is 2. The third-order valence-corrected chi connectivity index (χ3v) is 4.97. The van der Waals surface area contributed by atoms with Crippen LogP contribution in [-0.4, -0.2) is 34.0 Å². The molecule has 0 radical (unpaired) electrons. The van der Waals surface area contributed by atoms with Gasteiger partial charge in [-0.05, 0) is 54.7 Å². The van der Waals surface area contributed by atoms with Gasteiger partial charge >= 0.3 is 0 Å². The summed E-state index contributed by atoms with van der Waals surface area (Å²) >= 11 is 0. The van der Waals surface area contributed by atoms with E-state index in [1.807, 2.05) is 52.5 Å². The van der Waals surface area contributed by atoms with Gasteiger partial charge in [-0.2, -0.15) is 0 Å². The molecule has 0 aliphatic heterocycles. The largest absolute Gasteiger partial charge is 0.377 e. The lowest BCUT2D eigenvalue weighted by atomic mass is 9.86. The summed E-state index contributed by atoms with van der Waals surface area (Å²) in [5.74, 6) is 0.184. The lowest BCUT2D eigenvalue weighted by Crippen LogP contribution is -2.14. The van der Waals surface area contributed by atoms with Crippen LogP contribution in [0.15, 0.2) is 59.7 Å². The van der Waals surface area contributed by atoms with Crippen molar-refractivity contribution in [2.75, 3.05) is 38.0 Å². The molecule has 1 fully saturated rings. The van der Waals surface area contributed by atoms with Gasteiger partial charge in [0.05, 0.1) is 0 Å². The van der Waals surface area contributed by atoms with Gasteiger partial charge in [0.1, 0.15) is 0 Å². The number of benzene rings is 2. The van der Waals surface area contributed by atoms with Gasteiger partial charge < -0.3 is 9.80 Å². The number of para-hydroxylation sites is 2. The molecule has 140 valence electrons. The van der Waals surface area contributed by atoms with Gasteiger partial charge in [-0.25, -0.2) is 0 Å². The van der Waals surface area contributed by atoms with E-state index in [0.717, 1.165) is 52.9 Å². The molecule has 1 aliphatic carbocycles. The van der Waals surface area contributed by atoms with E-state index in [1.54, 1.807) is 0 Å². The van der Waals surface area contributed by atoms with E-state index in [0.29, 0.717) is 0 Å². The molecule has 0 atom stereocenters. The van der Waals surface area contributed by atoms with E-state index >= 15 is 0 Å². The smallest absolute Gasteiger partial charge is 0.185 e. The zero-order valence-corrected chi connectivity index (χ0v) is 16.7. The summed E-state index contributed by atoms with van der Waals surface area (Å²) in [4.78, 5) is 17.3. The van der Waals surface area contributed by atoms with Crippen molar-refractivity contribution in [3.63, 3.8) is 0 Å². The van der Waals surface area contributed by atoms with E-state index in [9.17, 15) is 4.79 Å². The summed E-state index contributed by atoms with van der Waals surface area (Å²) in [7, 11) is 8.13. The minimum atomic E-state index is 0.184. The van der Waals surface area contributed by atoms with Crippen LogP contribution in [0, 0.1) is 0 Å². The van der Waals surface area contributed by atoms with Crippen LogP contribution in [0.5, 0.6) is 0 Å². The van der Waals surface area contributed by atoms with Gasteiger partial charge in [0.2, 0.25) is 0 Å². The second-order valence-corrected chi connectivity index (χ2v) is 7.43. The van der Waals surface area contributed by atoms with Gasteiger partial charge in [0.15, 0.2) is 5.78 Å². The Morgan fingerprint density at radius 2 is 1.11 bits per heavy atom. The Balaban J connectivity index is 1.96. The van der Waals surface area contributed by atoms with Crippen molar-refractivity contribution >= 4 is 29.3 Å². The highest BCUT2D eigenvalue weighted by Crippen LogP contribution is 2.31. The Morgan fingerprint density at radius 1 is 0.704 bits per heavy atom. The molecular weight excluding hydrogens is 332 g/mol. The van der Waals surface area contributed by atoms with Gasteiger partial charge in [-0.1, -0.05) is 36.4 Å². The highest BCUT2D eigenvalue weighted by atomic mass is 16.1. The lowest BCUT2D eigenvalue weighted by molar-refractivity contribution is -0.112. The molecular formula is C24H28N2O. The first-order valence-corrected chi connectivity index (χ1v) is 9.46. The SMILES string of the molecule is CN(C)c1ccccc1C=C1CCCC(=Cc2ccccc2N(C)C)C1=O. The van der Waals surface area contributed by atoms with Crippen molar-refractivity contribution in [1.29, 1.82) is 0 Å². The summed E-state index contributed by atoms with van der Waals surface area (Å²) in [5.41, 5.74) is 6.27. The third-order valence-electron chi connectivity index (χ3n) is 4.97. The fourth-order valence-electron chi connectivity index (χ4n) is 3.59. The van der Waals surface area contributed by atoms with Crippen LogP contribution < -0.4 is 9.80 Å². The number of Topliss-reactive ketones (excluding diaryl/α,β-unsaturated/α-hetero) is 1. The molecule has 0 heterocycles. The number of carbonyl (C=O) groups excluding carboxylic acids is 1. The lowest BCUT2D eigenvalue weighted by Gasteiger charge is -2.20. The molecule has 1 aliphatic rings. The molecule has 2 aromatic carbocycles. The predicted octanol–water partition coefficient (Wildman–Crippen LogP) is 5.04. The number of carbonyl (C=O) groups is 1. The van der Waals surface area contributed by atoms with Gasteiger partial charge in [-0.15, -0.1) is 0 Å². The number of rotatable bonds is 4. The number of ketones is 1. The Hall–Kier alpha value is -2.81. The Kier molecular flexibility index (Phi) is 5.80. The average molecular weight is 361 g/mol. The van der Waals surface area contributed by atoms with Crippen molar-refractivity contribution in [2.24, 2.45) is 0 Å². The fraction of sp³-hybridized carbons (Fsp3) is 0.292. The highest BCUT2D eigenvalue weighted by Gasteiger charge is 2.21. The fourth-order valence-corrected chi connectivity index (χ4v) is 3.59. The van der Waals surface area contributed by atoms with Crippen LogP contribution >= 0.6 is 0 Å². The van der Waals surface area contributed by atoms with Crippen LogP contribution in [0.3, 0.4) is 0 Å². The van der Waals surface area contributed by atoms with E-state index in [1.165, 1.54) is 0 Å².